The standard InChI is InChI=1S/C16H18N4O2/c1-10-4-3-9-17-15(10)18-16(22)11(2)20-14(21)8-7-13(19-20)12-5-6-12/h3-4,7-9,11-12H,5-6H2,1-2H3,(H,17,18,22). The van der Waals surface area contributed by atoms with Gasteiger partial charge in [-0.1, -0.05) is 6.07 Å². The number of hydrogen-bond donors (Lipinski definition) is 1. The van der Waals surface area contributed by atoms with Crippen molar-refractivity contribution in [1.29, 1.82) is 0 Å². The number of hydrogen-bond acceptors (Lipinski definition) is 4. The van der Waals surface area contributed by atoms with Gasteiger partial charge in [-0.15, -0.1) is 0 Å². The van der Waals surface area contributed by atoms with Crippen LogP contribution in [0.1, 0.15) is 43.0 Å². The number of rotatable bonds is 4. The van der Waals surface area contributed by atoms with Gasteiger partial charge in [-0.25, -0.2) is 9.67 Å². The highest BCUT2D eigenvalue weighted by Gasteiger charge is 2.27. The lowest BCUT2D eigenvalue weighted by Gasteiger charge is -2.15. The minimum atomic E-state index is -0.687. The van der Waals surface area contributed by atoms with Crippen LogP contribution in [-0.4, -0.2) is 20.7 Å². The molecule has 1 N–H and O–H groups in total. The zero-order valence-corrected chi connectivity index (χ0v) is 12.6. The van der Waals surface area contributed by atoms with E-state index in [0.29, 0.717) is 11.7 Å². The van der Waals surface area contributed by atoms with Gasteiger partial charge in [0.15, 0.2) is 0 Å². The molecule has 1 atom stereocenters. The zero-order valence-electron chi connectivity index (χ0n) is 12.6. The summed E-state index contributed by atoms with van der Waals surface area (Å²) < 4.78 is 1.25. The first-order valence-corrected chi connectivity index (χ1v) is 7.38. The molecule has 1 unspecified atom stereocenters. The topological polar surface area (TPSA) is 76.9 Å². The molecular formula is C16H18N4O2. The van der Waals surface area contributed by atoms with Crippen LogP contribution in [0.3, 0.4) is 0 Å². The molecule has 6 nitrogen and oxygen atoms in total. The first-order chi connectivity index (χ1) is 10.6. The molecule has 0 saturated heterocycles. The Morgan fingerprint density at radius 2 is 2.14 bits per heavy atom. The van der Waals surface area contributed by atoms with Crippen molar-refractivity contribution < 1.29 is 4.79 Å². The third-order valence-corrected chi connectivity index (χ3v) is 3.84. The third-order valence-electron chi connectivity index (χ3n) is 3.84. The number of nitrogens with one attached hydrogen (secondary N) is 1. The molecule has 1 saturated carbocycles. The molecule has 22 heavy (non-hydrogen) atoms. The van der Waals surface area contributed by atoms with Crippen molar-refractivity contribution >= 4 is 11.7 Å². The Bertz CT molecular complexity index is 765. The SMILES string of the molecule is Cc1cccnc1NC(=O)C(C)n1nc(C2CC2)ccc1=O. The van der Waals surface area contributed by atoms with Crippen LogP contribution in [0.4, 0.5) is 5.82 Å². The number of carbonyl (C=O) groups is 1. The van der Waals surface area contributed by atoms with Crippen LogP contribution in [0, 0.1) is 6.92 Å². The van der Waals surface area contributed by atoms with Crippen molar-refractivity contribution in [3.8, 4) is 0 Å². The van der Waals surface area contributed by atoms with Gasteiger partial charge in [0.05, 0.1) is 5.69 Å². The van der Waals surface area contributed by atoms with Crippen molar-refractivity contribution in [3.05, 3.63) is 52.1 Å². The molecule has 0 bridgehead atoms. The highest BCUT2D eigenvalue weighted by atomic mass is 16.2. The summed E-state index contributed by atoms with van der Waals surface area (Å²) in [7, 11) is 0. The van der Waals surface area contributed by atoms with Crippen LogP contribution in [0.15, 0.2) is 35.3 Å². The number of amides is 1. The molecule has 1 aliphatic carbocycles. The maximum absolute atomic E-state index is 12.4. The Kier molecular flexibility index (Phi) is 3.75. The summed E-state index contributed by atoms with van der Waals surface area (Å²) in [5, 5.41) is 7.09. The lowest BCUT2D eigenvalue weighted by atomic mass is 10.2. The summed E-state index contributed by atoms with van der Waals surface area (Å²) in [4.78, 5) is 28.5. The van der Waals surface area contributed by atoms with Crippen LogP contribution in [0.25, 0.3) is 0 Å². The Labute approximate surface area is 128 Å². The Morgan fingerprint density at radius 3 is 2.82 bits per heavy atom. The summed E-state index contributed by atoms with van der Waals surface area (Å²) in [6.07, 6.45) is 3.81. The van der Waals surface area contributed by atoms with E-state index in [9.17, 15) is 9.59 Å². The van der Waals surface area contributed by atoms with Gasteiger partial charge in [0.25, 0.3) is 5.56 Å². The number of nitrogens with zero attached hydrogens (tertiary/aromatic N) is 3. The van der Waals surface area contributed by atoms with Gasteiger partial charge in [-0.2, -0.15) is 5.10 Å². The molecular weight excluding hydrogens is 280 g/mol. The molecule has 1 aliphatic rings. The summed E-state index contributed by atoms with van der Waals surface area (Å²) in [6, 6.07) is 6.22. The lowest BCUT2D eigenvalue weighted by molar-refractivity contribution is -0.119. The highest BCUT2D eigenvalue weighted by Crippen LogP contribution is 2.38. The highest BCUT2D eigenvalue weighted by molar-refractivity contribution is 5.93. The van der Waals surface area contributed by atoms with Crippen molar-refractivity contribution in [1.82, 2.24) is 14.8 Å². The number of aryl methyl sites for hydroxylation is 1. The normalized spacial score (nSPS) is 15.4. The van der Waals surface area contributed by atoms with Crippen molar-refractivity contribution in [2.24, 2.45) is 0 Å². The Morgan fingerprint density at radius 1 is 1.36 bits per heavy atom. The van der Waals surface area contributed by atoms with Crippen LogP contribution >= 0.6 is 0 Å². The van der Waals surface area contributed by atoms with E-state index in [4.69, 9.17) is 0 Å². The van der Waals surface area contributed by atoms with Crippen LogP contribution in [0.2, 0.25) is 0 Å². The number of anilines is 1. The molecule has 2 aromatic rings. The number of carbonyl (C=O) groups excluding carboxylic acids is 1. The predicted molar refractivity (Wildman–Crippen MR) is 82.8 cm³/mol. The number of pyridine rings is 1. The van der Waals surface area contributed by atoms with E-state index in [1.165, 1.54) is 10.7 Å². The van der Waals surface area contributed by atoms with Crippen molar-refractivity contribution in [2.75, 3.05) is 5.32 Å². The van der Waals surface area contributed by atoms with Crippen LogP contribution < -0.4 is 10.9 Å². The fraction of sp³-hybridized carbons (Fsp3) is 0.375. The van der Waals surface area contributed by atoms with Gasteiger partial charge < -0.3 is 5.32 Å². The molecule has 2 aromatic heterocycles. The minimum absolute atomic E-state index is 0.273. The molecule has 6 heteroatoms. The van der Waals surface area contributed by atoms with E-state index >= 15 is 0 Å². The molecule has 1 fully saturated rings. The Hall–Kier alpha value is -2.50. The first kappa shape index (κ1) is 14.4. The van der Waals surface area contributed by atoms with Gasteiger partial charge >= 0.3 is 0 Å². The largest absolute Gasteiger partial charge is 0.309 e. The van der Waals surface area contributed by atoms with Crippen molar-refractivity contribution in [2.45, 2.75) is 38.6 Å². The predicted octanol–water partition coefficient (Wildman–Crippen LogP) is 2.02. The monoisotopic (exact) mass is 298 g/mol. The van der Waals surface area contributed by atoms with Gasteiger partial charge in [0.1, 0.15) is 11.9 Å². The van der Waals surface area contributed by atoms with Gasteiger partial charge in [0.2, 0.25) is 5.91 Å². The molecule has 114 valence electrons. The van der Waals surface area contributed by atoms with Crippen molar-refractivity contribution in [3.63, 3.8) is 0 Å². The third kappa shape index (κ3) is 2.90. The zero-order chi connectivity index (χ0) is 15.7. The summed E-state index contributed by atoms with van der Waals surface area (Å²) in [5.41, 5.74) is 1.48. The van der Waals surface area contributed by atoms with Gasteiger partial charge in [-0.3, -0.25) is 9.59 Å². The number of aromatic nitrogens is 3. The first-order valence-electron chi connectivity index (χ1n) is 7.38. The van der Waals surface area contributed by atoms with E-state index in [1.54, 1.807) is 25.3 Å². The smallest absolute Gasteiger partial charge is 0.267 e. The van der Waals surface area contributed by atoms with E-state index in [2.05, 4.69) is 15.4 Å². The molecule has 3 rings (SSSR count). The maximum atomic E-state index is 12.4. The van der Waals surface area contributed by atoms with Crippen LogP contribution in [-0.2, 0) is 4.79 Å². The maximum Gasteiger partial charge on any atom is 0.267 e. The second-order valence-corrected chi connectivity index (χ2v) is 5.65. The second-order valence-electron chi connectivity index (χ2n) is 5.65. The molecule has 0 radical (unpaired) electrons. The van der Waals surface area contributed by atoms with Crippen LogP contribution in [0.5, 0.6) is 0 Å². The van der Waals surface area contributed by atoms with E-state index in [1.807, 2.05) is 13.0 Å². The summed E-state index contributed by atoms with van der Waals surface area (Å²) in [5.74, 6) is 0.634. The van der Waals surface area contributed by atoms with E-state index < -0.39 is 6.04 Å². The summed E-state index contributed by atoms with van der Waals surface area (Å²) in [6.45, 7) is 3.53. The molecule has 0 spiro atoms. The fourth-order valence-electron chi connectivity index (χ4n) is 2.26. The average Bonchev–Trinajstić information content (AvgIpc) is 3.34. The lowest BCUT2D eigenvalue weighted by Crippen LogP contribution is -2.33. The second kappa shape index (κ2) is 5.71. The molecule has 2 heterocycles. The van der Waals surface area contributed by atoms with E-state index in [-0.39, 0.29) is 11.5 Å². The molecule has 0 aromatic carbocycles. The molecule has 1 amide bonds. The van der Waals surface area contributed by atoms with Gasteiger partial charge in [-0.05, 0) is 44.4 Å². The fourth-order valence-corrected chi connectivity index (χ4v) is 2.26. The summed E-state index contributed by atoms with van der Waals surface area (Å²) >= 11 is 0. The average molecular weight is 298 g/mol. The van der Waals surface area contributed by atoms with Gasteiger partial charge in [0, 0.05) is 18.2 Å². The Balaban J connectivity index is 1.82. The van der Waals surface area contributed by atoms with E-state index in [0.717, 1.165) is 24.1 Å². The molecule has 0 aliphatic heterocycles. The quantitative estimate of drug-likeness (QED) is 0.937. The minimum Gasteiger partial charge on any atom is -0.309 e.